The Morgan fingerprint density at radius 3 is 2.74 bits per heavy atom. The Balaban J connectivity index is 0.000000165. The van der Waals surface area contributed by atoms with E-state index in [1.165, 1.54) is 6.33 Å². The van der Waals surface area contributed by atoms with Crippen molar-refractivity contribution in [1.82, 2.24) is 24.4 Å². The van der Waals surface area contributed by atoms with E-state index >= 15 is 0 Å². The summed E-state index contributed by atoms with van der Waals surface area (Å²) in [5.41, 5.74) is 0.561. The van der Waals surface area contributed by atoms with Crippen molar-refractivity contribution in [2.24, 2.45) is 0 Å². The van der Waals surface area contributed by atoms with Gasteiger partial charge in [0.2, 0.25) is 0 Å². The van der Waals surface area contributed by atoms with Crippen LogP contribution < -0.4 is 5.56 Å². The SMILES string of the molecule is CCCC(=O)O[C@H]1CN2CC[C@H](O)[C@@H]2[C@@H](O)[C@@H]1O.O=c1[nH]cnc2c1ncn2[C@H]1CC[C@@H](CO)O1. The number of aromatic nitrogens is 4. The molecule has 13 heteroatoms. The number of H-pyrrole nitrogens is 1. The number of ether oxygens (including phenoxy) is 2. The first-order chi connectivity index (χ1) is 16.8. The standard InChI is InChI=1S/C12H21NO5.C10H12N4O3/c1-2-3-9(15)18-8-6-13-5-4-7(14)10(13)12(17)11(8)16;15-3-6-1-2-7(17-6)14-5-13-8-9(14)11-4-12-10(8)16/h7-8,10-12,14,16-17H,2-6H2,1H3;4-7,15H,1-3H2,(H,11,12,16)/t7-,8-,10+,11+,12+;6-,7+/m00/s1. The van der Waals surface area contributed by atoms with Crippen LogP contribution in [0.3, 0.4) is 0 Å². The second-order valence-corrected chi connectivity index (χ2v) is 9.13. The van der Waals surface area contributed by atoms with Crippen molar-refractivity contribution in [3.05, 3.63) is 23.0 Å². The number of esters is 1. The molecule has 2 aromatic rings. The Hall–Kier alpha value is -2.42. The van der Waals surface area contributed by atoms with Gasteiger partial charge in [0, 0.05) is 19.5 Å². The summed E-state index contributed by atoms with van der Waals surface area (Å²) < 4.78 is 12.5. The van der Waals surface area contributed by atoms with Crippen LogP contribution in [-0.4, -0.2) is 107 Å². The third-order valence-corrected chi connectivity index (χ3v) is 6.72. The average Bonchev–Trinajstić information content (AvgIpc) is 3.56. The number of carbonyl (C=O) groups excluding carboxylic acids is 1. The molecule has 3 saturated heterocycles. The van der Waals surface area contributed by atoms with Gasteiger partial charge in [-0.25, -0.2) is 9.97 Å². The van der Waals surface area contributed by atoms with E-state index in [-0.39, 0.29) is 30.5 Å². The molecule has 7 atom stereocenters. The highest BCUT2D eigenvalue weighted by molar-refractivity contribution is 5.69. The van der Waals surface area contributed by atoms with Crippen molar-refractivity contribution in [3.8, 4) is 0 Å². The van der Waals surface area contributed by atoms with Crippen LogP contribution in [0.2, 0.25) is 0 Å². The lowest BCUT2D eigenvalue weighted by molar-refractivity contribution is -0.179. The fraction of sp³-hybridized carbons (Fsp3) is 0.727. The van der Waals surface area contributed by atoms with Crippen molar-refractivity contribution in [1.29, 1.82) is 0 Å². The van der Waals surface area contributed by atoms with Crippen molar-refractivity contribution >= 4 is 17.1 Å². The molecule has 0 bridgehead atoms. The second kappa shape index (κ2) is 11.1. The third-order valence-electron chi connectivity index (χ3n) is 6.72. The number of aliphatic hydroxyl groups excluding tert-OH is 4. The molecule has 0 unspecified atom stereocenters. The van der Waals surface area contributed by atoms with E-state index in [9.17, 15) is 24.9 Å². The highest BCUT2D eigenvalue weighted by Gasteiger charge is 2.49. The molecule has 3 aliphatic rings. The van der Waals surface area contributed by atoms with E-state index in [0.29, 0.717) is 43.5 Å². The summed E-state index contributed by atoms with van der Waals surface area (Å²) in [5, 5.41) is 38.7. The van der Waals surface area contributed by atoms with Crippen molar-refractivity contribution < 1.29 is 34.7 Å². The summed E-state index contributed by atoms with van der Waals surface area (Å²) in [4.78, 5) is 35.4. The van der Waals surface area contributed by atoms with Crippen molar-refractivity contribution in [3.63, 3.8) is 0 Å². The lowest BCUT2D eigenvalue weighted by Gasteiger charge is -2.42. The van der Waals surface area contributed by atoms with E-state index < -0.39 is 30.5 Å². The zero-order valence-corrected chi connectivity index (χ0v) is 19.6. The van der Waals surface area contributed by atoms with Crippen LogP contribution in [0.5, 0.6) is 0 Å². The van der Waals surface area contributed by atoms with E-state index in [2.05, 4.69) is 15.0 Å². The lowest BCUT2D eigenvalue weighted by atomic mass is 9.93. The molecule has 194 valence electrons. The van der Waals surface area contributed by atoms with Crippen molar-refractivity contribution in [2.75, 3.05) is 19.7 Å². The predicted molar refractivity (Wildman–Crippen MR) is 121 cm³/mol. The molecule has 0 radical (unpaired) electrons. The summed E-state index contributed by atoms with van der Waals surface area (Å²) >= 11 is 0. The van der Waals surface area contributed by atoms with Gasteiger partial charge in [-0.05, 0) is 25.7 Å². The van der Waals surface area contributed by atoms with Gasteiger partial charge < -0.3 is 34.9 Å². The van der Waals surface area contributed by atoms with Crippen LogP contribution in [0, 0.1) is 0 Å². The minimum atomic E-state index is -1.13. The molecule has 5 N–H and O–H groups in total. The Kier molecular flexibility index (Phi) is 8.14. The smallest absolute Gasteiger partial charge is 0.306 e. The Morgan fingerprint density at radius 2 is 2.03 bits per heavy atom. The average molecular weight is 496 g/mol. The summed E-state index contributed by atoms with van der Waals surface area (Å²) in [6.45, 7) is 2.91. The number of aliphatic hydroxyl groups is 4. The van der Waals surface area contributed by atoms with Crippen LogP contribution >= 0.6 is 0 Å². The van der Waals surface area contributed by atoms with E-state index in [4.69, 9.17) is 14.6 Å². The molecule has 0 aliphatic carbocycles. The first kappa shape index (κ1) is 25.7. The van der Waals surface area contributed by atoms with Gasteiger partial charge in [-0.2, -0.15) is 0 Å². The van der Waals surface area contributed by atoms with Gasteiger partial charge in [0.05, 0.1) is 37.5 Å². The fourth-order valence-electron chi connectivity index (χ4n) is 4.92. The van der Waals surface area contributed by atoms with E-state index in [0.717, 1.165) is 12.8 Å². The number of hydrogen-bond donors (Lipinski definition) is 5. The Morgan fingerprint density at radius 1 is 1.23 bits per heavy atom. The van der Waals surface area contributed by atoms with Gasteiger partial charge in [-0.1, -0.05) is 6.92 Å². The molecular weight excluding hydrogens is 462 g/mol. The van der Waals surface area contributed by atoms with Gasteiger partial charge in [0.1, 0.15) is 24.5 Å². The third kappa shape index (κ3) is 5.39. The topological polar surface area (TPSA) is 183 Å². The maximum atomic E-state index is 11.5. The quantitative estimate of drug-likeness (QED) is 0.309. The molecular formula is C22H33N5O8. The molecule has 5 heterocycles. The minimum Gasteiger partial charge on any atom is -0.458 e. The number of imidazole rings is 1. The summed E-state index contributed by atoms with van der Waals surface area (Å²) in [5.74, 6) is -0.355. The molecule has 0 amide bonds. The lowest BCUT2D eigenvalue weighted by Crippen LogP contribution is -2.62. The molecule has 35 heavy (non-hydrogen) atoms. The van der Waals surface area contributed by atoms with Crippen molar-refractivity contribution in [2.45, 2.75) is 81.8 Å². The van der Waals surface area contributed by atoms with Crippen LogP contribution in [0.15, 0.2) is 17.4 Å². The number of nitrogens with one attached hydrogen (secondary N) is 1. The van der Waals surface area contributed by atoms with Gasteiger partial charge in [0.25, 0.3) is 5.56 Å². The number of fused-ring (bicyclic) bond motifs is 2. The van der Waals surface area contributed by atoms with Gasteiger partial charge in [-0.15, -0.1) is 0 Å². The van der Waals surface area contributed by atoms with Gasteiger partial charge in [0.15, 0.2) is 11.2 Å². The zero-order valence-electron chi connectivity index (χ0n) is 19.6. The van der Waals surface area contributed by atoms with Gasteiger partial charge >= 0.3 is 5.97 Å². The van der Waals surface area contributed by atoms with Crippen LogP contribution in [0.1, 0.15) is 45.3 Å². The fourth-order valence-corrected chi connectivity index (χ4v) is 4.92. The molecule has 13 nitrogen and oxygen atoms in total. The molecule has 3 fully saturated rings. The van der Waals surface area contributed by atoms with E-state index in [1.807, 2.05) is 11.8 Å². The molecule has 2 aromatic heterocycles. The molecule has 3 aliphatic heterocycles. The second-order valence-electron chi connectivity index (χ2n) is 9.13. The number of carbonyl (C=O) groups is 1. The number of rotatable bonds is 5. The zero-order chi connectivity index (χ0) is 25.1. The molecule has 0 spiro atoms. The van der Waals surface area contributed by atoms with Gasteiger partial charge in [-0.3, -0.25) is 19.1 Å². The summed E-state index contributed by atoms with van der Waals surface area (Å²) in [6, 6.07) is -0.443. The van der Waals surface area contributed by atoms with E-state index in [1.54, 1.807) is 10.9 Å². The number of piperidine rings is 1. The summed E-state index contributed by atoms with van der Waals surface area (Å²) in [6.07, 6.45) is 2.18. The molecule has 0 saturated carbocycles. The predicted octanol–water partition coefficient (Wildman–Crippen LogP) is -1.34. The minimum absolute atomic E-state index is 0.0111. The maximum absolute atomic E-state index is 11.5. The maximum Gasteiger partial charge on any atom is 0.306 e. The monoisotopic (exact) mass is 495 g/mol. The van der Waals surface area contributed by atoms with Crippen LogP contribution in [0.4, 0.5) is 0 Å². The number of aromatic amines is 1. The Bertz CT molecular complexity index is 1060. The number of hydrogen-bond acceptors (Lipinski definition) is 11. The molecule has 0 aromatic carbocycles. The Labute approximate surface area is 201 Å². The molecule has 5 rings (SSSR count). The largest absolute Gasteiger partial charge is 0.458 e. The van der Waals surface area contributed by atoms with Crippen LogP contribution in [-0.2, 0) is 14.3 Å². The van der Waals surface area contributed by atoms with Crippen LogP contribution in [0.25, 0.3) is 11.2 Å². The normalized spacial score (nSPS) is 32.8. The first-order valence-corrected chi connectivity index (χ1v) is 12.0. The first-order valence-electron chi connectivity index (χ1n) is 12.0. The number of nitrogens with zero attached hydrogens (tertiary/aromatic N) is 4. The highest BCUT2D eigenvalue weighted by Crippen LogP contribution is 2.30. The summed E-state index contributed by atoms with van der Waals surface area (Å²) in [7, 11) is 0. The highest BCUT2D eigenvalue weighted by atomic mass is 16.6.